The lowest BCUT2D eigenvalue weighted by Crippen LogP contribution is -2.33. The van der Waals surface area contributed by atoms with E-state index in [4.69, 9.17) is 4.42 Å². The number of nitrogens with one attached hydrogen (secondary N) is 1. The lowest BCUT2D eigenvalue weighted by atomic mass is 9.80. The van der Waals surface area contributed by atoms with Crippen LogP contribution in [0.2, 0.25) is 0 Å². The summed E-state index contributed by atoms with van der Waals surface area (Å²) in [4.78, 5) is 0. The van der Waals surface area contributed by atoms with E-state index in [1.807, 2.05) is 13.0 Å². The third-order valence-corrected chi connectivity index (χ3v) is 3.56. The number of hydrogen-bond acceptors (Lipinski definition) is 2. The second-order valence-electron chi connectivity index (χ2n) is 4.79. The van der Waals surface area contributed by atoms with E-state index in [0.717, 1.165) is 12.1 Å². The Kier molecular flexibility index (Phi) is 3.82. The van der Waals surface area contributed by atoms with Gasteiger partial charge in [0.15, 0.2) is 0 Å². The van der Waals surface area contributed by atoms with Crippen molar-refractivity contribution in [1.82, 2.24) is 5.32 Å². The zero-order valence-corrected chi connectivity index (χ0v) is 10.1. The first-order valence-corrected chi connectivity index (χ1v) is 6.25. The number of alkyl halides is 2. The topological polar surface area (TPSA) is 25.2 Å². The number of halogens is 2. The standard InChI is InChI=1S/C13H19F2NO/c1-2-16-12(11-5-8-17-9-11)10-3-6-13(14,15)7-4-10/h5,8-10,12,16H,2-4,6-7H2,1H3. The predicted octanol–water partition coefficient (Wildman–Crippen LogP) is 3.76. The summed E-state index contributed by atoms with van der Waals surface area (Å²) in [5, 5.41) is 3.38. The van der Waals surface area contributed by atoms with Gasteiger partial charge < -0.3 is 9.73 Å². The van der Waals surface area contributed by atoms with Crippen molar-refractivity contribution in [3.05, 3.63) is 24.2 Å². The van der Waals surface area contributed by atoms with E-state index in [9.17, 15) is 8.78 Å². The van der Waals surface area contributed by atoms with Gasteiger partial charge >= 0.3 is 0 Å². The van der Waals surface area contributed by atoms with Crippen molar-refractivity contribution >= 4 is 0 Å². The third kappa shape index (κ3) is 3.06. The lowest BCUT2D eigenvalue weighted by Gasteiger charge is -2.33. The molecule has 1 fully saturated rings. The molecule has 1 atom stereocenters. The molecule has 4 heteroatoms. The number of rotatable bonds is 4. The van der Waals surface area contributed by atoms with E-state index in [-0.39, 0.29) is 24.8 Å². The molecule has 1 aromatic rings. The quantitative estimate of drug-likeness (QED) is 0.871. The second-order valence-corrected chi connectivity index (χ2v) is 4.79. The lowest BCUT2D eigenvalue weighted by molar-refractivity contribution is -0.0497. The average Bonchev–Trinajstić information content (AvgIpc) is 2.80. The molecular weight excluding hydrogens is 224 g/mol. The van der Waals surface area contributed by atoms with Gasteiger partial charge in [-0.3, -0.25) is 0 Å². The van der Waals surface area contributed by atoms with Gasteiger partial charge in [0.25, 0.3) is 0 Å². The predicted molar refractivity (Wildman–Crippen MR) is 62.0 cm³/mol. The molecule has 1 aromatic heterocycles. The maximum Gasteiger partial charge on any atom is 0.248 e. The van der Waals surface area contributed by atoms with Crippen LogP contribution in [0.5, 0.6) is 0 Å². The highest BCUT2D eigenvalue weighted by molar-refractivity contribution is 5.13. The van der Waals surface area contributed by atoms with E-state index in [0.29, 0.717) is 12.8 Å². The van der Waals surface area contributed by atoms with Crippen molar-refractivity contribution in [1.29, 1.82) is 0 Å². The van der Waals surface area contributed by atoms with Gasteiger partial charge in [-0.1, -0.05) is 6.92 Å². The summed E-state index contributed by atoms with van der Waals surface area (Å²) >= 11 is 0. The molecule has 0 aliphatic heterocycles. The first-order chi connectivity index (χ1) is 8.12. The maximum absolute atomic E-state index is 13.1. The van der Waals surface area contributed by atoms with Crippen LogP contribution in [-0.4, -0.2) is 12.5 Å². The van der Waals surface area contributed by atoms with Gasteiger partial charge in [0, 0.05) is 24.4 Å². The molecule has 0 amide bonds. The minimum absolute atomic E-state index is 0.0113. The highest BCUT2D eigenvalue weighted by Gasteiger charge is 2.37. The van der Waals surface area contributed by atoms with Crippen molar-refractivity contribution in [2.45, 2.75) is 44.6 Å². The van der Waals surface area contributed by atoms with Crippen LogP contribution in [0, 0.1) is 5.92 Å². The van der Waals surface area contributed by atoms with Gasteiger partial charge in [-0.05, 0) is 31.4 Å². The van der Waals surface area contributed by atoms with Crippen LogP contribution in [0.1, 0.15) is 44.2 Å². The third-order valence-electron chi connectivity index (χ3n) is 3.56. The first kappa shape index (κ1) is 12.6. The van der Waals surface area contributed by atoms with Crippen molar-refractivity contribution in [2.75, 3.05) is 6.54 Å². The SMILES string of the molecule is CCNC(c1ccoc1)C1CCC(F)(F)CC1. The van der Waals surface area contributed by atoms with Crippen molar-refractivity contribution in [2.24, 2.45) is 5.92 Å². The fourth-order valence-electron chi connectivity index (χ4n) is 2.62. The van der Waals surface area contributed by atoms with Crippen LogP contribution in [0.3, 0.4) is 0 Å². The molecule has 0 spiro atoms. The molecule has 1 unspecified atom stereocenters. The number of furan rings is 1. The summed E-state index contributed by atoms with van der Waals surface area (Å²) in [5.74, 6) is -2.17. The minimum Gasteiger partial charge on any atom is -0.472 e. The molecule has 1 aliphatic rings. The van der Waals surface area contributed by atoms with Crippen LogP contribution < -0.4 is 5.32 Å². The van der Waals surface area contributed by atoms with E-state index >= 15 is 0 Å². The Balaban J connectivity index is 2.03. The molecule has 0 bridgehead atoms. The van der Waals surface area contributed by atoms with Crippen molar-refractivity contribution in [3.8, 4) is 0 Å². The van der Waals surface area contributed by atoms with E-state index in [1.54, 1.807) is 12.5 Å². The molecule has 1 saturated carbocycles. The zero-order valence-electron chi connectivity index (χ0n) is 10.1. The van der Waals surface area contributed by atoms with Gasteiger partial charge in [-0.25, -0.2) is 8.78 Å². The van der Waals surface area contributed by atoms with Gasteiger partial charge in [-0.2, -0.15) is 0 Å². The fourth-order valence-corrected chi connectivity index (χ4v) is 2.62. The zero-order chi connectivity index (χ0) is 12.3. The maximum atomic E-state index is 13.1. The summed E-state index contributed by atoms with van der Waals surface area (Å²) in [6.07, 6.45) is 4.53. The van der Waals surface area contributed by atoms with Crippen molar-refractivity contribution in [3.63, 3.8) is 0 Å². The second kappa shape index (κ2) is 5.17. The normalized spacial score (nSPS) is 22.5. The average molecular weight is 243 g/mol. The molecule has 17 heavy (non-hydrogen) atoms. The largest absolute Gasteiger partial charge is 0.472 e. The van der Waals surface area contributed by atoms with Gasteiger partial charge in [-0.15, -0.1) is 0 Å². The Labute approximate surface area is 100 Å². The number of hydrogen-bond donors (Lipinski definition) is 1. The fraction of sp³-hybridized carbons (Fsp3) is 0.692. The molecule has 0 radical (unpaired) electrons. The van der Waals surface area contributed by atoms with Crippen LogP contribution >= 0.6 is 0 Å². The molecule has 0 aromatic carbocycles. The molecule has 1 N–H and O–H groups in total. The minimum atomic E-state index is -2.45. The highest BCUT2D eigenvalue weighted by Crippen LogP contribution is 2.41. The van der Waals surface area contributed by atoms with Gasteiger partial charge in [0.1, 0.15) is 0 Å². The van der Waals surface area contributed by atoms with Crippen LogP contribution in [0.4, 0.5) is 8.78 Å². The Morgan fingerprint density at radius 1 is 1.47 bits per heavy atom. The van der Waals surface area contributed by atoms with Crippen LogP contribution in [0.15, 0.2) is 23.0 Å². The first-order valence-electron chi connectivity index (χ1n) is 6.25. The summed E-state index contributed by atoms with van der Waals surface area (Å²) < 4.78 is 31.3. The Morgan fingerprint density at radius 3 is 2.71 bits per heavy atom. The van der Waals surface area contributed by atoms with E-state index in [2.05, 4.69) is 5.32 Å². The molecule has 96 valence electrons. The Morgan fingerprint density at radius 2 is 2.18 bits per heavy atom. The molecule has 1 heterocycles. The van der Waals surface area contributed by atoms with Crippen molar-refractivity contribution < 1.29 is 13.2 Å². The smallest absolute Gasteiger partial charge is 0.248 e. The summed E-state index contributed by atoms with van der Waals surface area (Å²) in [6.45, 7) is 2.87. The Hall–Kier alpha value is -0.900. The van der Waals surface area contributed by atoms with Crippen LogP contribution in [-0.2, 0) is 0 Å². The molecule has 1 aliphatic carbocycles. The summed E-state index contributed by atoms with van der Waals surface area (Å²) in [7, 11) is 0. The molecule has 2 rings (SSSR count). The molecule has 0 saturated heterocycles. The van der Waals surface area contributed by atoms with Gasteiger partial charge in [0.2, 0.25) is 5.92 Å². The molecular formula is C13H19F2NO. The van der Waals surface area contributed by atoms with Gasteiger partial charge in [0.05, 0.1) is 12.5 Å². The van der Waals surface area contributed by atoms with E-state index in [1.165, 1.54) is 0 Å². The highest BCUT2D eigenvalue weighted by atomic mass is 19.3. The monoisotopic (exact) mass is 243 g/mol. The summed E-state index contributed by atoms with van der Waals surface area (Å²) in [6, 6.07) is 2.06. The summed E-state index contributed by atoms with van der Waals surface area (Å²) in [5.41, 5.74) is 1.07. The molecule has 2 nitrogen and oxygen atoms in total. The van der Waals surface area contributed by atoms with Crippen LogP contribution in [0.25, 0.3) is 0 Å². The van der Waals surface area contributed by atoms with E-state index < -0.39 is 5.92 Å². The Bertz CT molecular complexity index is 327.